The Morgan fingerprint density at radius 2 is 2.39 bits per heavy atom. The molecule has 0 radical (unpaired) electrons. The van der Waals surface area contributed by atoms with Gasteiger partial charge in [0, 0.05) is 27.6 Å². The summed E-state index contributed by atoms with van der Waals surface area (Å²) in [4.78, 5) is 17.5. The molecule has 1 aliphatic heterocycles. The van der Waals surface area contributed by atoms with Gasteiger partial charge in [-0.2, -0.15) is 0 Å². The van der Waals surface area contributed by atoms with Gasteiger partial charge in [-0.15, -0.1) is 6.58 Å². The number of carbonyl (C=O) groups excluding carboxylic acids is 1. The standard InChI is InChI=1S/C18H21BrN2O2/c1-3-4-5-6-16-17-14(9-10-21(16)18(22)23-2)13-8-7-12(19)11-15(13)20-17/h3,7-8,11,16,20H,1,4-6,9-10H2,2H3/t16-/m0/s1. The summed E-state index contributed by atoms with van der Waals surface area (Å²) in [5.41, 5.74) is 3.60. The molecule has 0 saturated heterocycles. The van der Waals surface area contributed by atoms with E-state index in [-0.39, 0.29) is 12.1 Å². The van der Waals surface area contributed by atoms with Crippen LogP contribution in [0.2, 0.25) is 0 Å². The first-order chi connectivity index (χ1) is 11.2. The summed E-state index contributed by atoms with van der Waals surface area (Å²) < 4.78 is 6.03. The van der Waals surface area contributed by atoms with Crippen LogP contribution in [0.5, 0.6) is 0 Å². The monoisotopic (exact) mass is 376 g/mol. The van der Waals surface area contributed by atoms with E-state index in [0.29, 0.717) is 6.54 Å². The molecule has 1 aromatic heterocycles. The van der Waals surface area contributed by atoms with Gasteiger partial charge in [-0.05, 0) is 43.4 Å². The maximum absolute atomic E-state index is 12.2. The van der Waals surface area contributed by atoms with Crippen molar-refractivity contribution in [3.05, 3.63) is 46.6 Å². The highest BCUT2D eigenvalue weighted by molar-refractivity contribution is 9.10. The molecule has 23 heavy (non-hydrogen) atoms. The smallest absolute Gasteiger partial charge is 0.410 e. The van der Waals surface area contributed by atoms with Crippen molar-refractivity contribution in [1.29, 1.82) is 0 Å². The lowest BCUT2D eigenvalue weighted by Crippen LogP contribution is -2.40. The van der Waals surface area contributed by atoms with Crippen LogP contribution >= 0.6 is 15.9 Å². The number of H-pyrrole nitrogens is 1. The third kappa shape index (κ3) is 3.02. The molecular weight excluding hydrogens is 356 g/mol. The molecule has 1 aromatic carbocycles. The quantitative estimate of drug-likeness (QED) is 0.605. The highest BCUT2D eigenvalue weighted by Crippen LogP contribution is 2.38. The average molecular weight is 377 g/mol. The minimum atomic E-state index is -0.251. The predicted octanol–water partition coefficient (Wildman–Crippen LogP) is 4.95. The molecule has 3 rings (SSSR count). The number of aromatic amines is 1. The van der Waals surface area contributed by atoms with Crippen molar-refractivity contribution in [1.82, 2.24) is 9.88 Å². The second-order valence-electron chi connectivity index (χ2n) is 5.86. The van der Waals surface area contributed by atoms with E-state index in [1.54, 1.807) is 0 Å². The number of amides is 1. The molecule has 0 saturated carbocycles. The van der Waals surface area contributed by atoms with Crippen LogP contribution in [0.25, 0.3) is 10.9 Å². The molecule has 1 atom stereocenters. The van der Waals surface area contributed by atoms with E-state index in [0.717, 1.165) is 41.4 Å². The van der Waals surface area contributed by atoms with Crippen LogP contribution in [0, 0.1) is 0 Å². The molecule has 122 valence electrons. The fraction of sp³-hybridized carbons (Fsp3) is 0.389. The fourth-order valence-electron chi connectivity index (χ4n) is 3.44. The molecule has 5 heteroatoms. The molecule has 4 nitrogen and oxygen atoms in total. The maximum atomic E-state index is 12.2. The summed E-state index contributed by atoms with van der Waals surface area (Å²) in [7, 11) is 1.45. The lowest BCUT2D eigenvalue weighted by atomic mass is 9.94. The normalized spacial score (nSPS) is 17.1. The van der Waals surface area contributed by atoms with Gasteiger partial charge in [0.2, 0.25) is 0 Å². The fourth-order valence-corrected chi connectivity index (χ4v) is 3.80. The van der Waals surface area contributed by atoms with Gasteiger partial charge in [0.25, 0.3) is 0 Å². The number of carbonyl (C=O) groups is 1. The van der Waals surface area contributed by atoms with Crippen molar-refractivity contribution in [2.45, 2.75) is 31.7 Å². The summed E-state index contributed by atoms with van der Waals surface area (Å²) in [5.74, 6) is 0. The molecule has 0 bridgehead atoms. The Labute approximate surface area is 144 Å². The van der Waals surface area contributed by atoms with Crippen molar-refractivity contribution < 1.29 is 9.53 Å². The average Bonchev–Trinajstić information content (AvgIpc) is 2.92. The number of allylic oxidation sites excluding steroid dienone is 1. The molecule has 2 heterocycles. The van der Waals surface area contributed by atoms with E-state index in [1.807, 2.05) is 11.0 Å². The summed E-state index contributed by atoms with van der Waals surface area (Å²) in [5, 5.41) is 1.25. The minimum Gasteiger partial charge on any atom is -0.453 e. The van der Waals surface area contributed by atoms with Gasteiger partial charge in [-0.3, -0.25) is 4.90 Å². The molecule has 1 aliphatic rings. The zero-order valence-corrected chi connectivity index (χ0v) is 14.9. The summed E-state index contributed by atoms with van der Waals surface area (Å²) in [6.45, 7) is 4.48. The highest BCUT2D eigenvalue weighted by Gasteiger charge is 2.33. The van der Waals surface area contributed by atoms with E-state index in [4.69, 9.17) is 4.74 Å². The van der Waals surface area contributed by atoms with Crippen molar-refractivity contribution in [2.24, 2.45) is 0 Å². The largest absolute Gasteiger partial charge is 0.453 e. The first-order valence-electron chi connectivity index (χ1n) is 7.91. The van der Waals surface area contributed by atoms with Crippen molar-refractivity contribution in [3.8, 4) is 0 Å². The Bertz CT molecular complexity index is 738. The van der Waals surface area contributed by atoms with Crippen molar-refractivity contribution in [3.63, 3.8) is 0 Å². The minimum absolute atomic E-state index is 0.0392. The van der Waals surface area contributed by atoms with Gasteiger partial charge < -0.3 is 9.72 Å². The van der Waals surface area contributed by atoms with Crippen molar-refractivity contribution in [2.75, 3.05) is 13.7 Å². The number of ether oxygens (including phenoxy) is 1. The van der Waals surface area contributed by atoms with Gasteiger partial charge in [-0.1, -0.05) is 28.1 Å². The van der Waals surface area contributed by atoms with E-state index < -0.39 is 0 Å². The van der Waals surface area contributed by atoms with Crippen LogP contribution in [0.4, 0.5) is 4.79 Å². The van der Waals surface area contributed by atoms with Crippen LogP contribution in [0.1, 0.15) is 36.6 Å². The Morgan fingerprint density at radius 1 is 1.57 bits per heavy atom. The zero-order valence-electron chi connectivity index (χ0n) is 13.3. The van der Waals surface area contributed by atoms with Gasteiger partial charge in [0.05, 0.1) is 13.2 Å². The number of fused-ring (bicyclic) bond motifs is 3. The van der Waals surface area contributed by atoms with Gasteiger partial charge >= 0.3 is 6.09 Å². The molecule has 0 spiro atoms. The van der Waals surface area contributed by atoms with Crippen molar-refractivity contribution >= 4 is 32.9 Å². The topological polar surface area (TPSA) is 45.3 Å². The summed E-state index contributed by atoms with van der Waals surface area (Å²) in [6.07, 6.45) is 5.38. The van der Waals surface area contributed by atoms with Crippen LogP contribution in [-0.4, -0.2) is 29.6 Å². The van der Waals surface area contributed by atoms with E-state index >= 15 is 0 Å². The van der Waals surface area contributed by atoms with Crippen LogP contribution in [-0.2, 0) is 11.2 Å². The van der Waals surface area contributed by atoms with Gasteiger partial charge in [0.1, 0.15) is 0 Å². The molecule has 1 N–H and O–H groups in total. The first kappa shape index (κ1) is 16.1. The number of aromatic nitrogens is 1. The van der Waals surface area contributed by atoms with E-state index in [2.05, 4.69) is 45.7 Å². The number of unbranched alkanes of at least 4 members (excludes halogenated alkanes) is 1. The second kappa shape index (κ2) is 6.79. The summed E-state index contributed by atoms with van der Waals surface area (Å²) >= 11 is 3.52. The van der Waals surface area contributed by atoms with E-state index in [1.165, 1.54) is 18.1 Å². The first-order valence-corrected chi connectivity index (χ1v) is 8.70. The Morgan fingerprint density at radius 3 is 3.13 bits per heavy atom. The Balaban J connectivity index is 2.01. The number of benzene rings is 1. The number of rotatable bonds is 4. The second-order valence-corrected chi connectivity index (χ2v) is 6.77. The molecule has 2 aromatic rings. The van der Waals surface area contributed by atoms with Crippen LogP contribution in [0.3, 0.4) is 0 Å². The number of nitrogens with zero attached hydrogens (tertiary/aromatic N) is 1. The number of hydrogen-bond donors (Lipinski definition) is 1. The molecule has 0 aliphatic carbocycles. The Hall–Kier alpha value is -1.75. The predicted molar refractivity (Wildman–Crippen MR) is 95.6 cm³/mol. The highest BCUT2D eigenvalue weighted by atomic mass is 79.9. The van der Waals surface area contributed by atoms with Crippen LogP contribution < -0.4 is 0 Å². The van der Waals surface area contributed by atoms with Gasteiger partial charge in [0.15, 0.2) is 0 Å². The number of hydrogen-bond acceptors (Lipinski definition) is 2. The summed E-state index contributed by atoms with van der Waals surface area (Å²) in [6, 6.07) is 6.34. The molecular formula is C18H21BrN2O2. The van der Waals surface area contributed by atoms with Gasteiger partial charge in [-0.25, -0.2) is 4.79 Å². The number of nitrogens with one attached hydrogen (secondary N) is 1. The SMILES string of the molecule is C=CCCC[C@H]1c2[nH]c3cc(Br)ccc3c2CCN1C(=O)OC. The Kier molecular flexibility index (Phi) is 4.76. The van der Waals surface area contributed by atoms with Crippen LogP contribution in [0.15, 0.2) is 35.3 Å². The lowest BCUT2D eigenvalue weighted by Gasteiger charge is -2.34. The molecule has 0 fully saturated rings. The number of methoxy groups -OCH3 is 1. The molecule has 0 unspecified atom stereocenters. The third-order valence-corrected chi connectivity index (χ3v) is 5.00. The van der Waals surface area contributed by atoms with E-state index in [9.17, 15) is 4.79 Å². The lowest BCUT2D eigenvalue weighted by molar-refractivity contribution is 0.0969. The number of halogens is 1. The third-order valence-electron chi connectivity index (χ3n) is 4.51. The zero-order chi connectivity index (χ0) is 16.4. The maximum Gasteiger partial charge on any atom is 0.410 e. The molecule has 1 amide bonds.